The first-order valence-corrected chi connectivity index (χ1v) is 14.1. The highest BCUT2D eigenvalue weighted by Gasteiger charge is 2.28. The number of hydrogen-bond acceptors (Lipinski definition) is 8. The summed E-state index contributed by atoms with van der Waals surface area (Å²) >= 11 is 1.30. The lowest BCUT2D eigenvalue weighted by molar-refractivity contribution is 0.0983. The Kier molecular flexibility index (Phi) is 7.18. The Morgan fingerprint density at radius 2 is 1.73 bits per heavy atom. The number of furan rings is 1. The van der Waals surface area contributed by atoms with Crippen molar-refractivity contribution in [3.05, 3.63) is 66.1 Å². The molecule has 11 heteroatoms. The maximum absolute atomic E-state index is 13.7. The number of carbonyl (C=O) groups is 1. The molecule has 1 fully saturated rings. The number of piperidine rings is 1. The maximum atomic E-state index is 13.7. The van der Waals surface area contributed by atoms with Crippen molar-refractivity contribution in [3.8, 4) is 11.5 Å². The van der Waals surface area contributed by atoms with Crippen molar-refractivity contribution in [2.24, 2.45) is 0 Å². The molecule has 3 heterocycles. The molecule has 0 saturated carbocycles. The smallest absolute Gasteiger partial charge is 0.260 e. The monoisotopic (exact) mass is 541 g/mol. The Balaban J connectivity index is 1.50. The quantitative estimate of drug-likeness (QED) is 0.312. The molecule has 194 valence electrons. The third kappa shape index (κ3) is 4.94. The summed E-state index contributed by atoms with van der Waals surface area (Å²) < 4.78 is 44.8. The van der Waals surface area contributed by atoms with Crippen molar-refractivity contribution in [1.29, 1.82) is 0 Å². The van der Waals surface area contributed by atoms with Crippen LogP contribution >= 0.6 is 11.3 Å². The molecule has 5 rings (SSSR count). The molecule has 0 bridgehead atoms. The van der Waals surface area contributed by atoms with E-state index in [4.69, 9.17) is 18.9 Å². The third-order valence-corrected chi connectivity index (χ3v) is 9.33. The number of hydrogen-bond donors (Lipinski definition) is 0. The fraction of sp³-hybridized carbons (Fsp3) is 0.308. The Hall–Kier alpha value is -3.41. The number of amides is 1. The van der Waals surface area contributed by atoms with Gasteiger partial charge in [-0.25, -0.2) is 13.4 Å². The molecule has 1 saturated heterocycles. The van der Waals surface area contributed by atoms with Crippen LogP contribution in [0.4, 0.5) is 5.13 Å². The van der Waals surface area contributed by atoms with Gasteiger partial charge in [-0.15, -0.1) is 0 Å². The standard InChI is InChI=1S/C26H27N3O6S2/c1-33-21-12-13-22(34-2)24-23(21)27-26(36-24)29(17-19-7-6-16-35-19)25(30)18-8-10-20(11-9-18)37(31,32)28-14-4-3-5-15-28/h6-13,16H,3-5,14-15,17H2,1-2H3. The van der Waals surface area contributed by atoms with E-state index in [1.165, 1.54) is 32.7 Å². The minimum absolute atomic E-state index is 0.143. The van der Waals surface area contributed by atoms with Gasteiger partial charge in [-0.3, -0.25) is 9.69 Å². The molecule has 9 nitrogen and oxygen atoms in total. The molecule has 0 radical (unpaired) electrons. The summed E-state index contributed by atoms with van der Waals surface area (Å²) in [5, 5.41) is 0.434. The molecule has 0 aliphatic carbocycles. The zero-order valence-electron chi connectivity index (χ0n) is 20.5. The Morgan fingerprint density at radius 1 is 1.03 bits per heavy atom. The average Bonchev–Trinajstić information content (AvgIpc) is 3.62. The third-order valence-electron chi connectivity index (χ3n) is 6.32. The molecule has 0 atom stereocenters. The summed E-state index contributed by atoms with van der Waals surface area (Å²) in [6, 6.07) is 13.2. The van der Waals surface area contributed by atoms with E-state index in [0.29, 0.717) is 46.6 Å². The van der Waals surface area contributed by atoms with Crippen LogP contribution < -0.4 is 14.4 Å². The van der Waals surface area contributed by atoms with Crippen LogP contribution in [0.3, 0.4) is 0 Å². The summed E-state index contributed by atoms with van der Waals surface area (Å²) in [5.74, 6) is 1.43. The lowest BCUT2D eigenvalue weighted by Crippen LogP contribution is -2.35. The molecule has 2 aromatic heterocycles. The van der Waals surface area contributed by atoms with Gasteiger partial charge in [0.1, 0.15) is 27.5 Å². The predicted molar refractivity (Wildman–Crippen MR) is 141 cm³/mol. The largest absolute Gasteiger partial charge is 0.495 e. The average molecular weight is 542 g/mol. The van der Waals surface area contributed by atoms with Gasteiger partial charge in [0.2, 0.25) is 10.0 Å². The fourth-order valence-electron chi connectivity index (χ4n) is 4.35. The number of benzene rings is 2. The lowest BCUT2D eigenvalue weighted by Gasteiger charge is -2.26. The van der Waals surface area contributed by atoms with E-state index in [1.807, 2.05) is 0 Å². The number of nitrogens with zero attached hydrogens (tertiary/aromatic N) is 3. The fourth-order valence-corrected chi connectivity index (χ4v) is 6.94. The van der Waals surface area contributed by atoms with E-state index in [2.05, 4.69) is 0 Å². The molecule has 37 heavy (non-hydrogen) atoms. The second kappa shape index (κ2) is 10.5. The second-order valence-corrected chi connectivity index (χ2v) is 11.5. The van der Waals surface area contributed by atoms with Crippen LogP contribution in [-0.4, -0.2) is 50.9 Å². The summed E-state index contributed by atoms with van der Waals surface area (Å²) in [5.41, 5.74) is 0.921. The van der Waals surface area contributed by atoms with Gasteiger partial charge in [0, 0.05) is 18.7 Å². The summed E-state index contributed by atoms with van der Waals surface area (Å²) in [6.45, 7) is 1.18. The van der Waals surface area contributed by atoms with Gasteiger partial charge in [0.05, 0.1) is 31.9 Å². The molecule has 0 spiro atoms. The van der Waals surface area contributed by atoms with Gasteiger partial charge >= 0.3 is 0 Å². The van der Waals surface area contributed by atoms with Crippen LogP contribution in [0.1, 0.15) is 35.4 Å². The van der Waals surface area contributed by atoms with Gasteiger partial charge in [-0.1, -0.05) is 17.8 Å². The number of methoxy groups -OCH3 is 2. The summed E-state index contributed by atoms with van der Waals surface area (Å²) in [6.07, 6.45) is 4.29. The molecule has 1 aliphatic heterocycles. The van der Waals surface area contributed by atoms with Crippen LogP contribution in [-0.2, 0) is 16.6 Å². The van der Waals surface area contributed by atoms with Crippen molar-refractivity contribution >= 4 is 42.6 Å². The minimum atomic E-state index is -3.60. The molecule has 0 N–H and O–H groups in total. The summed E-state index contributed by atoms with van der Waals surface area (Å²) in [7, 11) is -0.459. The van der Waals surface area contributed by atoms with Crippen molar-refractivity contribution in [2.45, 2.75) is 30.7 Å². The van der Waals surface area contributed by atoms with Crippen LogP contribution in [0.5, 0.6) is 11.5 Å². The summed E-state index contributed by atoms with van der Waals surface area (Å²) in [4.78, 5) is 20.1. The number of fused-ring (bicyclic) bond motifs is 1. The van der Waals surface area contributed by atoms with Crippen LogP contribution in [0, 0.1) is 0 Å². The highest BCUT2D eigenvalue weighted by Crippen LogP contribution is 2.40. The van der Waals surface area contributed by atoms with Gasteiger partial charge in [0.25, 0.3) is 5.91 Å². The number of carbonyl (C=O) groups excluding carboxylic acids is 1. The number of thiazole rings is 1. The molecule has 1 aliphatic rings. The Morgan fingerprint density at radius 3 is 2.38 bits per heavy atom. The molecular formula is C26H27N3O6S2. The van der Waals surface area contributed by atoms with E-state index in [1.54, 1.807) is 56.9 Å². The van der Waals surface area contributed by atoms with Crippen molar-refractivity contribution in [3.63, 3.8) is 0 Å². The van der Waals surface area contributed by atoms with E-state index < -0.39 is 10.0 Å². The zero-order chi connectivity index (χ0) is 26.0. The SMILES string of the molecule is COc1ccc(OC)c2sc(N(Cc3ccco3)C(=O)c3ccc(S(=O)(=O)N4CCCCC4)cc3)nc12. The minimum Gasteiger partial charge on any atom is -0.495 e. The first kappa shape index (κ1) is 25.2. The van der Waals surface area contributed by atoms with E-state index in [-0.39, 0.29) is 17.3 Å². The molecule has 0 unspecified atom stereocenters. The van der Waals surface area contributed by atoms with Gasteiger partial charge in [-0.05, 0) is 61.4 Å². The number of sulfonamides is 1. The van der Waals surface area contributed by atoms with Crippen LogP contribution in [0.15, 0.2) is 64.1 Å². The second-order valence-electron chi connectivity index (χ2n) is 8.60. The number of rotatable bonds is 8. The number of aromatic nitrogens is 1. The Labute approximate surface area is 219 Å². The zero-order valence-corrected chi connectivity index (χ0v) is 22.2. The number of anilines is 1. The first-order valence-electron chi connectivity index (χ1n) is 11.9. The van der Waals surface area contributed by atoms with E-state index in [0.717, 1.165) is 24.0 Å². The maximum Gasteiger partial charge on any atom is 0.260 e. The van der Waals surface area contributed by atoms with Gasteiger partial charge in [-0.2, -0.15) is 4.31 Å². The van der Waals surface area contributed by atoms with Crippen LogP contribution in [0.2, 0.25) is 0 Å². The predicted octanol–water partition coefficient (Wildman–Crippen LogP) is 4.93. The van der Waals surface area contributed by atoms with Gasteiger partial charge in [0.15, 0.2) is 5.13 Å². The highest BCUT2D eigenvalue weighted by molar-refractivity contribution is 7.89. The van der Waals surface area contributed by atoms with Crippen molar-refractivity contribution < 1.29 is 27.1 Å². The normalized spacial score (nSPS) is 14.5. The van der Waals surface area contributed by atoms with E-state index >= 15 is 0 Å². The van der Waals surface area contributed by atoms with Gasteiger partial charge < -0.3 is 13.9 Å². The molecule has 1 amide bonds. The van der Waals surface area contributed by atoms with Crippen molar-refractivity contribution in [1.82, 2.24) is 9.29 Å². The van der Waals surface area contributed by atoms with Crippen LogP contribution in [0.25, 0.3) is 10.2 Å². The number of ether oxygens (including phenoxy) is 2. The van der Waals surface area contributed by atoms with E-state index in [9.17, 15) is 13.2 Å². The Bertz CT molecular complexity index is 1450. The topological polar surface area (TPSA) is 102 Å². The highest BCUT2D eigenvalue weighted by atomic mass is 32.2. The molecular weight excluding hydrogens is 514 g/mol. The molecule has 4 aromatic rings. The van der Waals surface area contributed by atoms with Crippen molar-refractivity contribution in [2.75, 3.05) is 32.2 Å². The molecule has 2 aromatic carbocycles. The lowest BCUT2D eigenvalue weighted by atomic mass is 10.2. The first-order chi connectivity index (χ1) is 17.9.